The van der Waals surface area contributed by atoms with Crippen LogP contribution in [-0.2, 0) is 0 Å². The minimum atomic E-state index is -0.284. The third-order valence-corrected chi connectivity index (χ3v) is 7.47. The number of piperazine rings is 1. The molecule has 7 nitrogen and oxygen atoms in total. The smallest absolute Gasteiger partial charge is 0.274 e. The maximum Gasteiger partial charge on any atom is 0.274 e. The van der Waals surface area contributed by atoms with Crippen LogP contribution in [0.15, 0.2) is 97.2 Å². The van der Waals surface area contributed by atoms with E-state index in [9.17, 15) is 4.79 Å². The number of nitrogens with one attached hydrogen (secondary N) is 2. The molecule has 0 unspecified atom stereocenters. The Kier molecular flexibility index (Phi) is 6.89. The summed E-state index contributed by atoms with van der Waals surface area (Å²) in [4.78, 5) is 31.0. The Morgan fingerprint density at radius 1 is 0.842 bits per heavy atom. The third-order valence-electron chi connectivity index (χ3n) is 6.39. The molecule has 3 aromatic carbocycles. The normalized spacial score (nSPS) is 13.3. The lowest BCUT2D eigenvalue weighted by Gasteiger charge is -2.28. The Hall–Kier alpha value is -4.40. The van der Waals surface area contributed by atoms with Crippen molar-refractivity contribution in [3.63, 3.8) is 0 Å². The summed E-state index contributed by atoms with van der Waals surface area (Å²) in [6, 6.07) is 29.5. The zero-order valence-corrected chi connectivity index (χ0v) is 21.5. The van der Waals surface area contributed by atoms with Gasteiger partial charge < -0.3 is 15.5 Å². The molecule has 0 bridgehead atoms. The molecule has 3 heterocycles. The van der Waals surface area contributed by atoms with Gasteiger partial charge in [0, 0.05) is 49.6 Å². The highest BCUT2D eigenvalue weighted by molar-refractivity contribution is 7.18. The van der Waals surface area contributed by atoms with Crippen molar-refractivity contribution >= 4 is 28.7 Å². The van der Waals surface area contributed by atoms with E-state index in [0.29, 0.717) is 17.2 Å². The van der Waals surface area contributed by atoms with E-state index in [1.54, 1.807) is 17.4 Å². The fraction of sp³-hybridized carbons (Fsp3) is 0.133. The highest BCUT2D eigenvalue weighted by Gasteiger charge is 2.20. The summed E-state index contributed by atoms with van der Waals surface area (Å²) >= 11 is 1.60. The molecule has 1 aliphatic rings. The highest BCUT2D eigenvalue weighted by atomic mass is 32.1. The van der Waals surface area contributed by atoms with Crippen LogP contribution in [0.2, 0.25) is 0 Å². The molecule has 1 saturated heterocycles. The van der Waals surface area contributed by atoms with E-state index in [2.05, 4.69) is 37.6 Å². The molecule has 0 spiro atoms. The molecule has 38 heavy (non-hydrogen) atoms. The van der Waals surface area contributed by atoms with E-state index in [-0.39, 0.29) is 5.91 Å². The number of hydrogen-bond acceptors (Lipinski definition) is 7. The molecule has 1 aliphatic heterocycles. The lowest BCUT2D eigenvalue weighted by atomic mass is 10.1. The molecule has 8 heteroatoms. The summed E-state index contributed by atoms with van der Waals surface area (Å²) < 4.78 is 0. The molecule has 0 saturated carbocycles. The third kappa shape index (κ3) is 5.18. The fourth-order valence-corrected chi connectivity index (χ4v) is 5.38. The van der Waals surface area contributed by atoms with Crippen molar-refractivity contribution in [2.75, 3.05) is 36.4 Å². The highest BCUT2D eigenvalue weighted by Crippen LogP contribution is 2.35. The van der Waals surface area contributed by atoms with Gasteiger partial charge in [0.15, 0.2) is 5.82 Å². The topological polar surface area (TPSA) is 83.0 Å². The lowest BCUT2D eigenvalue weighted by Crippen LogP contribution is -2.44. The maximum absolute atomic E-state index is 13.6. The minimum Gasteiger partial charge on any atom is -0.354 e. The number of nitrogens with zero attached hydrogens (tertiary/aromatic N) is 4. The average molecular weight is 519 g/mol. The summed E-state index contributed by atoms with van der Waals surface area (Å²) in [5, 5.41) is 7.30. The molecule has 188 valence electrons. The number of rotatable bonds is 6. The van der Waals surface area contributed by atoms with Crippen molar-refractivity contribution in [1.29, 1.82) is 0 Å². The number of carbonyl (C=O) groups is 1. The molecule has 6 rings (SSSR count). The van der Waals surface area contributed by atoms with Crippen molar-refractivity contribution in [3.8, 4) is 32.4 Å². The molecule has 0 atom stereocenters. The molecule has 1 amide bonds. The number of aromatic nitrogens is 3. The Labute approximate surface area is 225 Å². The summed E-state index contributed by atoms with van der Waals surface area (Å²) in [7, 11) is 0. The van der Waals surface area contributed by atoms with Crippen molar-refractivity contribution in [1.82, 2.24) is 20.3 Å². The number of anilines is 2. The molecule has 1 fully saturated rings. The Morgan fingerprint density at radius 3 is 2.29 bits per heavy atom. The number of carbonyl (C=O) groups excluding carboxylic acids is 1. The number of amides is 1. The van der Waals surface area contributed by atoms with Crippen LogP contribution in [0.3, 0.4) is 0 Å². The molecule has 0 radical (unpaired) electrons. The lowest BCUT2D eigenvalue weighted by molar-refractivity contribution is 0.102. The summed E-state index contributed by atoms with van der Waals surface area (Å²) in [6.45, 7) is 3.39. The first-order chi connectivity index (χ1) is 18.7. The predicted octanol–water partition coefficient (Wildman–Crippen LogP) is 5.60. The van der Waals surface area contributed by atoms with Gasteiger partial charge >= 0.3 is 0 Å². The number of benzene rings is 3. The van der Waals surface area contributed by atoms with Gasteiger partial charge in [-0.15, -0.1) is 11.3 Å². The predicted molar refractivity (Wildman–Crippen MR) is 153 cm³/mol. The Balaban J connectivity index is 1.32. The number of thiazole rings is 1. The van der Waals surface area contributed by atoms with Gasteiger partial charge in [0.1, 0.15) is 16.5 Å². The van der Waals surface area contributed by atoms with Gasteiger partial charge in [-0.1, -0.05) is 72.8 Å². The van der Waals surface area contributed by atoms with E-state index in [1.165, 1.54) is 0 Å². The molecule has 2 aromatic heterocycles. The van der Waals surface area contributed by atoms with Crippen LogP contribution >= 0.6 is 11.3 Å². The van der Waals surface area contributed by atoms with Crippen LogP contribution in [-0.4, -0.2) is 47.0 Å². The van der Waals surface area contributed by atoms with Gasteiger partial charge in [-0.2, -0.15) is 0 Å². The summed E-state index contributed by atoms with van der Waals surface area (Å²) in [6.07, 6.45) is 1.88. The van der Waals surface area contributed by atoms with Crippen molar-refractivity contribution in [2.24, 2.45) is 0 Å². The van der Waals surface area contributed by atoms with E-state index >= 15 is 0 Å². The van der Waals surface area contributed by atoms with Gasteiger partial charge in [0.2, 0.25) is 0 Å². The van der Waals surface area contributed by atoms with E-state index in [4.69, 9.17) is 4.98 Å². The monoisotopic (exact) mass is 518 g/mol. The summed E-state index contributed by atoms with van der Waals surface area (Å²) in [5.41, 5.74) is 3.87. The largest absolute Gasteiger partial charge is 0.354 e. The van der Waals surface area contributed by atoms with E-state index in [1.807, 2.05) is 79.0 Å². The molecule has 0 aliphatic carbocycles. The van der Waals surface area contributed by atoms with Gasteiger partial charge in [0.25, 0.3) is 5.91 Å². The maximum atomic E-state index is 13.6. The zero-order chi connectivity index (χ0) is 25.7. The second-order valence-corrected chi connectivity index (χ2v) is 9.96. The van der Waals surface area contributed by atoms with Gasteiger partial charge in [0.05, 0.1) is 10.6 Å². The molecular weight excluding hydrogens is 492 g/mol. The van der Waals surface area contributed by atoms with Crippen LogP contribution in [0.1, 0.15) is 10.5 Å². The Morgan fingerprint density at radius 2 is 1.53 bits per heavy atom. The first-order valence-corrected chi connectivity index (χ1v) is 13.4. The van der Waals surface area contributed by atoms with E-state index in [0.717, 1.165) is 58.6 Å². The first kappa shape index (κ1) is 24.0. The van der Waals surface area contributed by atoms with Crippen LogP contribution in [0.25, 0.3) is 32.4 Å². The zero-order valence-electron chi connectivity index (χ0n) is 20.7. The Bertz CT molecular complexity index is 1550. The van der Waals surface area contributed by atoms with Crippen molar-refractivity contribution in [2.45, 2.75) is 0 Å². The van der Waals surface area contributed by atoms with E-state index < -0.39 is 0 Å². The van der Waals surface area contributed by atoms with Crippen LogP contribution in [0, 0.1) is 0 Å². The molecular formula is C30H26N6OS. The first-order valence-electron chi connectivity index (χ1n) is 12.6. The van der Waals surface area contributed by atoms with Gasteiger partial charge in [-0.25, -0.2) is 15.0 Å². The number of hydrogen-bond donors (Lipinski definition) is 2. The van der Waals surface area contributed by atoms with Crippen molar-refractivity contribution < 1.29 is 4.79 Å². The van der Waals surface area contributed by atoms with Gasteiger partial charge in [-0.3, -0.25) is 4.79 Å². The quantitative estimate of drug-likeness (QED) is 0.305. The second-order valence-electron chi connectivity index (χ2n) is 8.93. The molecule has 5 aromatic rings. The van der Waals surface area contributed by atoms with Gasteiger partial charge in [-0.05, 0) is 17.7 Å². The standard InChI is InChI=1S/C30H26N6OS/c37-29(25-19-27(36-17-15-31-16-18-36)35-28(33-25)22-11-5-2-6-12-22)34-24-14-8-7-13-23(24)30-32-20-26(38-30)21-9-3-1-4-10-21/h1-14,19-20,31H,15-18H2,(H,34,37). The average Bonchev–Trinajstić information content (AvgIpc) is 3.49. The summed E-state index contributed by atoms with van der Waals surface area (Å²) in [5.74, 6) is 1.01. The van der Waals surface area contributed by atoms with Crippen LogP contribution < -0.4 is 15.5 Å². The minimum absolute atomic E-state index is 0.284. The fourth-order valence-electron chi connectivity index (χ4n) is 4.42. The SMILES string of the molecule is O=C(Nc1ccccc1-c1ncc(-c2ccccc2)s1)c1cc(N2CCNCC2)nc(-c2ccccc2)n1. The second kappa shape index (κ2) is 10.9. The van der Waals surface area contributed by atoms with Crippen molar-refractivity contribution in [3.05, 3.63) is 103 Å². The number of para-hydroxylation sites is 1. The van der Waals surface area contributed by atoms with Crippen LogP contribution in [0.5, 0.6) is 0 Å². The van der Waals surface area contributed by atoms with Crippen LogP contribution in [0.4, 0.5) is 11.5 Å². The molecule has 2 N–H and O–H groups in total.